The van der Waals surface area contributed by atoms with E-state index in [9.17, 15) is 27.2 Å². The predicted molar refractivity (Wildman–Crippen MR) is 133 cm³/mol. The minimum Gasteiger partial charge on any atom is -0.391 e. The van der Waals surface area contributed by atoms with E-state index in [4.69, 9.17) is 4.74 Å². The third-order valence-electron chi connectivity index (χ3n) is 6.14. The van der Waals surface area contributed by atoms with Gasteiger partial charge in [0.15, 0.2) is 0 Å². The summed E-state index contributed by atoms with van der Waals surface area (Å²) in [4.78, 5) is 32.3. The van der Waals surface area contributed by atoms with Crippen LogP contribution in [0.25, 0.3) is 0 Å². The highest BCUT2D eigenvalue weighted by atomic mass is 19.4. The van der Waals surface area contributed by atoms with E-state index in [1.165, 1.54) is 41.4 Å². The van der Waals surface area contributed by atoms with E-state index in [1.54, 1.807) is 24.3 Å². The normalized spacial score (nSPS) is 13.8. The standard InChI is InChI=1S/C27H26F4N4O3/c28-20-9-7-19(8-10-20)4-3-13-32-26(37)38-24-12-11-21(18-33-24)34-14-16-35(17-15-34)25(36)22-5-1-2-6-23(22)27(29,30)31/h1-2,5-12,18H,3-4,13-17H2,(H,32,37). The van der Waals surface area contributed by atoms with Crippen molar-refractivity contribution < 1.29 is 31.9 Å². The van der Waals surface area contributed by atoms with Gasteiger partial charge in [0.2, 0.25) is 5.88 Å². The van der Waals surface area contributed by atoms with Crippen molar-refractivity contribution in [3.8, 4) is 5.88 Å². The Kier molecular flexibility index (Phi) is 8.45. The zero-order chi connectivity index (χ0) is 27.1. The lowest BCUT2D eigenvalue weighted by molar-refractivity contribution is -0.138. The number of carbonyl (C=O) groups excluding carboxylic acids is 2. The molecular weight excluding hydrogens is 504 g/mol. The molecule has 2 amide bonds. The molecule has 0 bridgehead atoms. The Labute approximate surface area is 217 Å². The van der Waals surface area contributed by atoms with Crippen molar-refractivity contribution >= 4 is 17.7 Å². The summed E-state index contributed by atoms with van der Waals surface area (Å²) in [5.41, 5.74) is 0.407. The fourth-order valence-corrected chi connectivity index (χ4v) is 4.14. The third-order valence-corrected chi connectivity index (χ3v) is 6.14. The number of aryl methyl sites for hydroxylation is 1. The Morgan fingerprint density at radius 1 is 0.947 bits per heavy atom. The number of hydrogen-bond donors (Lipinski definition) is 1. The zero-order valence-corrected chi connectivity index (χ0v) is 20.4. The first-order valence-electron chi connectivity index (χ1n) is 12.1. The number of benzene rings is 2. The maximum atomic E-state index is 13.3. The maximum Gasteiger partial charge on any atom is 0.417 e. The molecule has 0 aliphatic carbocycles. The van der Waals surface area contributed by atoms with Gasteiger partial charge in [0.05, 0.1) is 23.0 Å². The molecular formula is C27H26F4N4O3. The fraction of sp³-hybridized carbons (Fsp3) is 0.296. The van der Waals surface area contributed by atoms with Crippen LogP contribution in [-0.4, -0.2) is 54.6 Å². The molecule has 1 aliphatic rings. The number of rotatable bonds is 7. The Balaban J connectivity index is 1.22. The smallest absolute Gasteiger partial charge is 0.391 e. The quantitative estimate of drug-likeness (QED) is 0.347. The van der Waals surface area contributed by atoms with Crippen LogP contribution in [0.4, 0.5) is 28.0 Å². The number of amides is 2. The SMILES string of the molecule is O=C(NCCCc1ccc(F)cc1)Oc1ccc(N2CCN(C(=O)c3ccccc3C(F)(F)F)CC2)cn1. The van der Waals surface area contributed by atoms with Gasteiger partial charge in [-0.2, -0.15) is 13.2 Å². The molecule has 38 heavy (non-hydrogen) atoms. The first kappa shape index (κ1) is 26.9. The number of anilines is 1. The number of hydrogen-bond acceptors (Lipinski definition) is 5. The van der Waals surface area contributed by atoms with E-state index < -0.39 is 23.7 Å². The Morgan fingerprint density at radius 2 is 1.66 bits per heavy atom. The largest absolute Gasteiger partial charge is 0.417 e. The second kappa shape index (κ2) is 11.9. The molecule has 1 fully saturated rings. The fourth-order valence-electron chi connectivity index (χ4n) is 4.14. The number of ether oxygens (including phenoxy) is 1. The Morgan fingerprint density at radius 3 is 2.32 bits per heavy atom. The topological polar surface area (TPSA) is 74.8 Å². The van der Waals surface area contributed by atoms with Gasteiger partial charge in [-0.3, -0.25) is 4.79 Å². The van der Waals surface area contributed by atoms with E-state index in [-0.39, 0.29) is 30.4 Å². The van der Waals surface area contributed by atoms with Crippen LogP contribution in [0.15, 0.2) is 66.9 Å². The summed E-state index contributed by atoms with van der Waals surface area (Å²) in [5.74, 6) is -0.831. The van der Waals surface area contributed by atoms with E-state index >= 15 is 0 Å². The maximum absolute atomic E-state index is 13.3. The molecule has 0 atom stereocenters. The van der Waals surface area contributed by atoms with E-state index in [2.05, 4.69) is 10.3 Å². The van der Waals surface area contributed by atoms with Gasteiger partial charge in [0, 0.05) is 38.8 Å². The minimum absolute atomic E-state index is 0.113. The predicted octanol–water partition coefficient (Wildman–Crippen LogP) is 4.92. The Bertz CT molecular complexity index is 1240. The van der Waals surface area contributed by atoms with E-state index in [1.807, 2.05) is 4.90 Å². The highest BCUT2D eigenvalue weighted by Crippen LogP contribution is 2.32. The van der Waals surface area contributed by atoms with Gasteiger partial charge in [-0.05, 0) is 48.7 Å². The lowest BCUT2D eigenvalue weighted by Gasteiger charge is -2.36. The van der Waals surface area contributed by atoms with Crippen LogP contribution in [0.2, 0.25) is 0 Å². The van der Waals surface area contributed by atoms with Crippen molar-refractivity contribution in [3.05, 3.63) is 89.4 Å². The number of carbonyl (C=O) groups is 2. The van der Waals surface area contributed by atoms with Crippen LogP contribution in [0.1, 0.15) is 27.9 Å². The number of halogens is 4. The minimum atomic E-state index is -4.61. The molecule has 1 aliphatic heterocycles. The summed E-state index contributed by atoms with van der Waals surface area (Å²) in [7, 11) is 0. The van der Waals surface area contributed by atoms with Crippen molar-refractivity contribution in [1.82, 2.24) is 15.2 Å². The number of piperazine rings is 1. The van der Waals surface area contributed by atoms with Gasteiger partial charge in [0.25, 0.3) is 5.91 Å². The molecule has 4 rings (SSSR count). The summed E-state index contributed by atoms with van der Waals surface area (Å²) in [6.45, 7) is 1.71. The highest BCUT2D eigenvalue weighted by molar-refractivity contribution is 5.96. The summed E-state index contributed by atoms with van der Waals surface area (Å²) in [6, 6.07) is 14.2. The summed E-state index contributed by atoms with van der Waals surface area (Å²) >= 11 is 0. The molecule has 200 valence electrons. The van der Waals surface area contributed by atoms with Crippen molar-refractivity contribution in [1.29, 1.82) is 0 Å². The molecule has 0 spiro atoms. The molecule has 11 heteroatoms. The summed E-state index contributed by atoms with van der Waals surface area (Å²) in [5, 5.41) is 2.64. The van der Waals surface area contributed by atoms with Gasteiger partial charge < -0.3 is 19.9 Å². The molecule has 0 radical (unpaired) electrons. The van der Waals surface area contributed by atoms with Gasteiger partial charge in [-0.1, -0.05) is 24.3 Å². The molecule has 0 unspecified atom stereocenters. The van der Waals surface area contributed by atoms with Gasteiger partial charge in [-0.25, -0.2) is 14.2 Å². The number of alkyl halides is 3. The van der Waals surface area contributed by atoms with Crippen molar-refractivity contribution in [3.63, 3.8) is 0 Å². The first-order valence-corrected chi connectivity index (χ1v) is 12.1. The average molecular weight is 531 g/mol. The molecule has 2 heterocycles. The van der Waals surface area contributed by atoms with Crippen molar-refractivity contribution in [2.75, 3.05) is 37.6 Å². The van der Waals surface area contributed by atoms with Crippen LogP contribution in [0, 0.1) is 5.82 Å². The third kappa shape index (κ3) is 6.99. The van der Waals surface area contributed by atoms with Gasteiger partial charge in [0.1, 0.15) is 5.82 Å². The molecule has 3 aromatic rings. The molecule has 1 saturated heterocycles. The molecule has 2 aromatic carbocycles. The molecule has 7 nitrogen and oxygen atoms in total. The average Bonchev–Trinajstić information content (AvgIpc) is 2.92. The van der Waals surface area contributed by atoms with Gasteiger partial charge >= 0.3 is 12.3 Å². The molecule has 1 aromatic heterocycles. The lowest BCUT2D eigenvalue weighted by Crippen LogP contribution is -2.49. The number of nitrogens with zero attached hydrogens (tertiary/aromatic N) is 3. The first-order chi connectivity index (χ1) is 18.2. The molecule has 1 N–H and O–H groups in total. The lowest BCUT2D eigenvalue weighted by atomic mass is 10.1. The van der Waals surface area contributed by atoms with Crippen molar-refractivity contribution in [2.45, 2.75) is 19.0 Å². The van der Waals surface area contributed by atoms with Crippen LogP contribution < -0.4 is 15.0 Å². The zero-order valence-electron chi connectivity index (χ0n) is 20.4. The number of pyridine rings is 1. The second-order valence-electron chi connectivity index (χ2n) is 8.72. The number of nitrogens with one attached hydrogen (secondary N) is 1. The molecule has 0 saturated carbocycles. The highest BCUT2D eigenvalue weighted by Gasteiger charge is 2.36. The van der Waals surface area contributed by atoms with Crippen LogP contribution >= 0.6 is 0 Å². The monoisotopic (exact) mass is 530 g/mol. The van der Waals surface area contributed by atoms with Crippen LogP contribution in [-0.2, 0) is 12.6 Å². The van der Waals surface area contributed by atoms with Gasteiger partial charge in [-0.15, -0.1) is 0 Å². The second-order valence-corrected chi connectivity index (χ2v) is 8.72. The summed E-state index contributed by atoms with van der Waals surface area (Å²) < 4.78 is 58.0. The van der Waals surface area contributed by atoms with E-state index in [0.29, 0.717) is 32.5 Å². The summed E-state index contributed by atoms with van der Waals surface area (Å²) in [6.07, 6.45) is -2.38. The van der Waals surface area contributed by atoms with Crippen molar-refractivity contribution in [2.24, 2.45) is 0 Å². The van der Waals surface area contributed by atoms with E-state index in [0.717, 1.165) is 17.3 Å². The van der Waals surface area contributed by atoms with Crippen LogP contribution in [0.5, 0.6) is 5.88 Å². The Hall–Kier alpha value is -4.15. The van der Waals surface area contributed by atoms with Crippen LogP contribution in [0.3, 0.4) is 0 Å². The number of aromatic nitrogens is 1.